The number of fused-ring (bicyclic) bond motifs is 1. The molecule has 0 unspecified atom stereocenters. The van der Waals surface area contributed by atoms with E-state index in [2.05, 4.69) is 0 Å². The first-order valence-corrected chi connectivity index (χ1v) is 5.85. The maximum atomic E-state index is 11.9. The van der Waals surface area contributed by atoms with Crippen molar-refractivity contribution >= 4 is 35.1 Å². The second-order valence-corrected chi connectivity index (χ2v) is 4.72. The van der Waals surface area contributed by atoms with Crippen LogP contribution in [0.3, 0.4) is 0 Å². The summed E-state index contributed by atoms with van der Waals surface area (Å²) < 4.78 is 0. The van der Waals surface area contributed by atoms with Crippen LogP contribution in [0.5, 0.6) is 0 Å². The summed E-state index contributed by atoms with van der Waals surface area (Å²) in [7, 11) is 0. The van der Waals surface area contributed by atoms with Gasteiger partial charge in [-0.2, -0.15) is 0 Å². The van der Waals surface area contributed by atoms with E-state index in [9.17, 15) is 9.59 Å². The Balaban J connectivity index is 2.46. The van der Waals surface area contributed by atoms with Crippen molar-refractivity contribution in [2.24, 2.45) is 0 Å². The van der Waals surface area contributed by atoms with Gasteiger partial charge in [-0.15, -0.1) is 11.8 Å². The normalized spacial score (nSPS) is 17.3. The van der Waals surface area contributed by atoms with Gasteiger partial charge in [-0.25, -0.2) is 4.79 Å². The first-order valence-electron chi connectivity index (χ1n) is 4.48. The van der Waals surface area contributed by atoms with Gasteiger partial charge in [0.25, 0.3) is 0 Å². The molecule has 0 saturated heterocycles. The van der Waals surface area contributed by atoms with E-state index in [1.165, 1.54) is 11.8 Å². The molecular weight excluding hydrogens is 248 g/mol. The smallest absolute Gasteiger partial charge is 0.328 e. The minimum atomic E-state index is -1.10. The van der Waals surface area contributed by atoms with Crippen molar-refractivity contribution in [1.82, 2.24) is 0 Å². The molecule has 1 aliphatic heterocycles. The van der Waals surface area contributed by atoms with Crippen LogP contribution >= 0.6 is 23.4 Å². The highest BCUT2D eigenvalue weighted by Crippen LogP contribution is 2.33. The van der Waals surface area contributed by atoms with E-state index in [-0.39, 0.29) is 5.78 Å². The molecule has 2 rings (SSSR count). The number of benzene rings is 1. The van der Waals surface area contributed by atoms with Crippen LogP contribution in [0.2, 0.25) is 5.02 Å². The first-order chi connectivity index (χ1) is 7.58. The van der Waals surface area contributed by atoms with E-state index in [0.717, 1.165) is 11.0 Å². The highest BCUT2D eigenvalue weighted by Gasteiger charge is 2.23. The summed E-state index contributed by atoms with van der Waals surface area (Å²) >= 11 is 7.24. The highest BCUT2D eigenvalue weighted by atomic mass is 35.5. The van der Waals surface area contributed by atoms with E-state index >= 15 is 0 Å². The van der Waals surface area contributed by atoms with Gasteiger partial charge >= 0.3 is 5.97 Å². The molecule has 1 aromatic carbocycles. The third-order valence-corrected chi connectivity index (χ3v) is 3.52. The Kier molecular flexibility index (Phi) is 3.03. The number of thioether (sulfide) groups is 1. The second kappa shape index (κ2) is 4.31. The number of rotatable bonds is 1. The lowest BCUT2D eigenvalue weighted by Gasteiger charge is -2.16. The van der Waals surface area contributed by atoms with Crippen LogP contribution in [0.1, 0.15) is 10.4 Å². The minimum absolute atomic E-state index is 0.251. The number of carbonyl (C=O) groups is 2. The van der Waals surface area contributed by atoms with Gasteiger partial charge in [0, 0.05) is 32.9 Å². The summed E-state index contributed by atoms with van der Waals surface area (Å²) in [6.07, 6.45) is 0.958. The van der Waals surface area contributed by atoms with E-state index < -0.39 is 5.97 Å². The van der Waals surface area contributed by atoms with Crippen LogP contribution in [0.25, 0.3) is 0 Å². The van der Waals surface area contributed by atoms with Gasteiger partial charge in [0.05, 0.1) is 0 Å². The summed E-state index contributed by atoms with van der Waals surface area (Å²) in [5, 5.41) is 9.10. The topological polar surface area (TPSA) is 54.4 Å². The molecule has 0 bridgehead atoms. The molecule has 1 N–H and O–H groups in total. The van der Waals surface area contributed by atoms with Gasteiger partial charge in [0.15, 0.2) is 5.78 Å². The summed E-state index contributed by atoms with van der Waals surface area (Å²) in [6, 6.07) is 5.06. The van der Waals surface area contributed by atoms with Gasteiger partial charge in [-0.05, 0) is 18.2 Å². The summed E-state index contributed by atoms with van der Waals surface area (Å²) in [5.74, 6) is -0.965. The lowest BCUT2D eigenvalue weighted by Crippen LogP contribution is -2.13. The van der Waals surface area contributed by atoms with Crippen molar-refractivity contribution in [2.45, 2.75) is 4.90 Å². The van der Waals surface area contributed by atoms with Gasteiger partial charge in [-0.1, -0.05) is 11.6 Å². The zero-order valence-corrected chi connectivity index (χ0v) is 9.64. The summed E-state index contributed by atoms with van der Waals surface area (Å²) in [5.41, 5.74) is 0.781. The number of carboxylic acid groups (broad SMARTS) is 1. The molecule has 0 aliphatic carbocycles. The molecule has 16 heavy (non-hydrogen) atoms. The Labute approximate surface area is 101 Å². The number of hydrogen-bond donors (Lipinski definition) is 1. The molecule has 0 radical (unpaired) electrons. The van der Waals surface area contributed by atoms with E-state index in [1.54, 1.807) is 18.2 Å². The molecule has 0 saturated carbocycles. The highest BCUT2D eigenvalue weighted by molar-refractivity contribution is 7.99. The van der Waals surface area contributed by atoms with E-state index in [1.807, 2.05) is 0 Å². The molecule has 0 fully saturated rings. The van der Waals surface area contributed by atoms with Gasteiger partial charge in [0.2, 0.25) is 0 Å². The number of Topliss-reactive ketones (excluding diaryl/α,β-unsaturated/α-hetero) is 1. The van der Waals surface area contributed by atoms with E-state index in [0.29, 0.717) is 21.9 Å². The van der Waals surface area contributed by atoms with Crippen LogP contribution in [0, 0.1) is 0 Å². The monoisotopic (exact) mass is 254 g/mol. The fourth-order valence-electron chi connectivity index (χ4n) is 1.46. The molecule has 1 aliphatic rings. The Bertz CT molecular complexity index is 508. The van der Waals surface area contributed by atoms with Gasteiger partial charge in [0.1, 0.15) is 0 Å². The molecule has 1 aromatic rings. The molecule has 1 heterocycles. The number of aliphatic carboxylic acids is 1. The fraction of sp³-hybridized carbons (Fsp3) is 0.0909. The Morgan fingerprint density at radius 3 is 2.94 bits per heavy atom. The lowest BCUT2D eigenvalue weighted by atomic mass is 10.0. The molecule has 5 heteroatoms. The number of ketones is 1. The maximum Gasteiger partial charge on any atom is 0.328 e. The number of halogens is 1. The Morgan fingerprint density at radius 2 is 2.25 bits per heavy atom. The Morgan fingerprint density at radius 1 is 1.50 bits per heavy atom. The van der Waals surface area contributed by atoms with Crippen LogP contribution in [0.15, 0.2) is 34.7 Å². The molecule has 0 aromatic heterocycles. The number of carboxylic acids is 1. The predicted molar refractivity (Wildman–Crippen MR) is 62.2 cm³/mol. The largest absolute Gasteiger partial charge is 0.478 e. The zero-order chi connectivity index (χ0) is 11.7. The maximum absolute atomic E-state index is 11.9. The van der Waals surface area contributed by atoms with Gasteiger partial charge < -0.3 is 5.11 Å². The van der Waals surface area contributed by atoms with Crippen molar-refractivity contribution < 1.29 is 14.7 Å². The molecule has 82 valence electrons. The fourth-order valence-corrected chi connectivity index (χ4v) is 2.62. The number of carbonyl (C=O) groups excluding carboxylic acids is 1. The van der Waals surface area contributed by atoms with Crippen LogP contribution in [0.4, 0.5) is 0 Å². The average molecular weight is 255 g/mol. The van der Waals surface area contributed by atoms with Crippen molar-refractivity contribution in [3.63, 3.8) is 0 Å². The van der Waals surface area contributed by atoms with Crippen LogP contribution in [-0.2, 0) is 4.79 Å². The molecule has 3 nitrogen and oxygen atoms in total. The first kappa shape index (κ1) is 11.2. The quantitative estimate of drug-likeness (QED) is 0.783. The van der Waals surface area contributed by atoms with Crippen LogP contribution < -0.4 is 0 Å². The SMILES string of the molecule is O=C(O)/C=C1/CSc2ccc(Cl)cc2C1=O. The van der Waals surface area contributed by atoms with Crippen molar-refractivity contribution in [1.29, 1.82) is 0 Å². The molecule has 0 spiro atoms. The lowest BCUT2D eigenvalue weighted by molar-refractivity contribution is -0.131. The van der Waals surface area contributed by atoms with Crippen molar-refractivity contribution in [3.05, 3.63) is 40.4 Å². The standard InChI is InChI=1S/C11H7ClO3S/c12-7-1-2-9-8(4-7)11(15)6(5-16-9)3-10(13)14/h1-4H,5H2,(H,13,14)/b6-3-. The summed E-state index contributed by atoms with van der Waals surface area (Å²) in [4.78, 5) is 23.3. The number of hydrogen-bond acceptors (Lipinski definition) is 3. The Hall–Kier alpha value is -1.26. The zero-order valence-electron chi connectivity index (χ0n) is 8.07. The van der Waals surface area contributed by atoms with Crippen LogP contribution in [-0.4, -0.2) is 22.6 Å². The van der Waals surface area contributed by atoms with E-state index in [4.69, 9.17) is 16.7 Å². The predicted octanol–water partition coefficient (Wildman–Crippen LogP) is 2.64. The molecule has 0 atom stereocenters. The minimum Gasteiger partial charge on any atom is -0.478 e. The summed E-state index contributed by atoms with van der Waals surface area (Å²) in [6.45, 7) is 0. The van der Waals surface area contributed by atoms with Gasteiger partial charge in [-0.3, -0.25) is 4.79 Å². The average Bonchev–Trinajstić information content (AvgIpc) is 2.22. The van der Waals surface area contributed by atoms with Crippen molar-refractivity contribution in [2.75, 3.05) is 5.75 Å². The third kappa shape index (κ3) is 2.13. The molecular formula is C11H7ClO3S. The second-order valence-electron chi connectivity index (χ2n) is 3.27. The van der Waals surface area contributed by atoms with Crippen molar-refractivity contribution in [3.8, 4) is 0 Å². The third-order valence-electron chi connectivity index (χ3n) is 2.16. The molecule has 0 amide bonds.